The van der Waals surface area contributed by atoms with Gasteiger partial charge in [0.25, 0.3) is 11.8 Å². The van der Waals surface area contributed by atoms with Gasteiger partial charge in [0, 0.05) is 26.6 Å². The van der Waals surface area contributed by atoms with E-state index in [0.717, 1.165) is 37.4 Å². The van der Waals surface area contributed by atoms with Gasteiger partial charge in [-0.1, -0.05) is 91.0 Å². The number of nitrogens with zero attached hydrogens (tertiary/aromatic N) is 1. The van der Waals surface area contributed by atoms with Gasteiger partial charge in [-0.25, -0.2) is 4.98 Å². The van der Waals surface area contributed by atoms with E-state index in [0.29, 0.717) is 16.4 Å². The van der Waals surface area contributed by atoms with Crippen molar-refractivity contribution in [2.75, 3.05) is 16.4 Å². The number of amides is 3. The van der Waals surface area contributed by atoms with Crippen molar-refractivity contribution in [3.05, 3.63) is 149 Å². The number of aryl methyl sites for hydroxylation is 1. The number of hydrogen-bond donors (Lipinski definition) is 3. The zero-order valence-corrected chi connectivity index (χ0v) is 27.0. The molecule has 0 fully saturated rings. The molecule has 0 aliphatic heterocycles. The molecular formula is C38H30N4O3S2. The van der Waals surface area contributed by atoms with Crippen molar-refractivity contribution >= 4 is 68.5 Å². The second-order valence-electron chi connectivity index (χ2n) is 10.6. The summed E-state index contributed by atoms with van der Waals surface area (Å²) in [7, 11) is 0. The Hall–Kier alpha value is -5.51. The summed E-state index contributed by atoms with van der Waals surface area (Å²) in [5, 5.41) is 11.1. The van der Waals surface area contributed by atoms with Crippen LogP contribution in [0.1, 0.15) is 20.8 Å². The van der Waals surface area contributed by atoms with E-state index in [9.17, 15) is 14.4 Å². The van der Waals surface area contributed by atoms with Crippen LogP contribution < -0.4 is 16.0 Å². The first-order chi connectivity index (χ1) is 22.9. The number of carbonyl (C=O) groups excluding carboxylic acids is 3. The molecule has 9 heteroatoms. The molecule has 3 N–H and O–H groups in total. The van der Waals surface area contributed by atoms with Crippen molar-refractivity contribution in [3.8, 4) is 11.3 Å². The van der Waals surface area contributed by atoms with Gasteiger partial charge in [-0.2, -0.15) is 0 Å². The van der Waals surface area contributed by atoms with Crippen molar-refractivity contribution in [1.82, 2.24) is 10.3 Å². The number of aromatic nitrogens is 1. The number of thioether (sulfide) groups is 1. The molecule has 0 aliphatic carbocycles. The molecule has 0 unspecified atom stereocenters. The van der Waals surface area contributed by atoms with Gasteiger partial charge in [-0.3, -0.25) is 14.4 Å². The normalized spacial score (nSPS) is 11.2. The molecule has 0 radical (unpaired) electrons. The summed E-state index contributed by atoms with van der Waals surface area (Å²) in [6.07, 6.45) is 1.69. The average Bonchev–Trinajstić information content (AvgIpc) is 3.47. The van der Waals surface area contributed by atoms with Gasteiger partial charge in [0.15, 0.2) is 5.13 Å². The monoisotopic (exact) mass is 654 g/mol. The predicted molar refractivity (Wildman–Crippen MR) is 193 cm³/mol. The van der Waals surface area contributed by atoms with Crippen LogP contribution in [-0.4, -0.2) is 28.5 Å². The maximum atomic E-state index is 13.6. The molecule has 0 spiro atoms. The van der Waals surface area contributed by atoms with E-state index in [1.807, 2.05) is 97.9 Å². The molecule has 5 aromatic carbocycles. The summed E-state index contributed by atoms with van der Waals surface area (Å²) in [4.78, 5) is 45.8. The Morgan fingerprint density at radius 2 is 1.45 bits per heavy atom. The quantitative estimate of drug-likeness (QED) is 0.102. The van der Waals surface area contributed by atoms with Crippen molar-refractivity contribution in [3.63, 3.8) is 0 Å². The molecule has 1 aromatic heterocycles. The molecule has 0 aliphatic rings. The molecule has 0 atom stereocenters. The Labute approximate surface area is 280 Å². The van der Waals surface area contributed by atoms with Gasteiger partial charge in [0.1, 0.15) is 5.70 Å². The number of thiazole rings is 1. The molecular weight excluding hydrogens is 625 g/mol. The molecule has 6 rings (SSSR count). The maximum absolute atomic E-state index is 13.6. The first-order valence-electron chi connectivity index (χ1n) is 14.9. The lowest BCUT2D eigenvalue weighted by molar-refractivity contribution is -0.114. The van der Waals surface area contributed by atoms with Crippen molar-refractivity contribution < 1.29 is 14.4 Å². The third-order valence-electron chi connectivity index (χ3n) is 7.22. The first-order valence-corrected chi connectivity index (χ1v) is 16.7. The molecule has 47 heavy (non-hydrogen) atoms. The molecule has 232 valence electrons. The minimum atomic E-state index is -0.462. The highest BCUT2D eigenvalue weighted by Gasteiger charge is 2.16. The van der Waals surface area contributed by atoms with Crippen LogP contribution in [0.3, 0.4) is 0 Å². The van der Waals surface area contributed by atoms with Crippen LogP contribution in [0.15, 0.2) is 138 Å². The standard InChI is InChI=1S/C38H30N4O3S2/c1-25-35(27-12-4-2-5-13-27)42-38(47-25)41-34(43)24-46-31-21-19-30(20-22-31)39-37(45)33(40-36(44)28-14-6-3-7-15-28)23-29-17-10-16-26-11-8-9-18-32(26)29/h2-23H,24H2,1H3,(H,39,45)(H,40,44)(H,41,42,43)/b33-23-. The number of anilines is 2. The highest BCUT2D eigenvalue weighted by Crippen LogP contribution is 2.30. The molecule has 0 saturated heterocycles. The summed E-state index contributed by atoms with van der Waals surface area (Å²) in [6.45, 7) is 1.99. The summed E-state index contributed by atoms with van der Waals surface area (Å²) in [5.74, 6) is -0.802. The number of nitrogens with one attached hydrogen (secondary N) is 3. The lowest BCUT2D eigenvalue weighted by Crippen LogP contribution is -2.30. The molecule has 1 heterocycles. The highest BCUT2D eigenvalue weighted by molar-refractivity contribution is 8.00. The highest BCUT2D eigenvalue weighted by atomic mass is 32.2. The van der Waals surface area contributed by atoms with E-state index in [-0.39, 0.29) is 23.3 Å². The van der Waals surface area contributed by atoms with Gasteiger partial charge in [0.2, 0.25) is 5.91 Å². The van der Waals surface area contributed by atoms with E-state index in [1.54, 1.807) is 42.5 Å². The van der Waals surface area contributed by atoms with Crippen LogP contribution in [0.4, 0.5) is 10.8 Å². The van der Waals surface area contributed by atoms with E-state index in [1.165, 1.54) is 23.1 Å². The van der Waals surface area contributed by atoms with Crippen LogP contribution in [0.2, 0.25) is 0 Å². The average molecular weight is 655 g/mol. The molecule has 7 nitrogen and oxygen atoms in total. The summed E-state index contributed by atoms with van der Waals surface area (Å²) in [6, 6.07) is 39.5. The number of benzene rings is 5. The first kappa shape index (κ1) is 31.5. The Bertz CT molecular complexity index is 2070. The summed E-state index contributed by atoms with van der Waals surface area (Å²) < 4.78 is 0. The number of hydrogen-bond acceptors (Lipinski definition) is 6. The zero-order valence-electron chi connectivity index (χ0n) is 25.4. The third kappa shape index (κ3) is 8.02. The lowest BCUT2D eigenvalue weighted by atomic mass is 10.0. The number of fused-ring (bicyclic) bond motifs is 1. The topological polar surface area (TPSA) is 100 Å². The van der Waals surface area contributed by atoms with E-state index >= 15 is 0 Å². The fourth-order valence-corrected chi connectivity index (χ4v) is 6.48. The fourth-order valence-electron chi connectivity index (χ4n) is 4.93. The van der Waals surface area contributed by atoms with Crippen LogP contribution >= 0.6 is 23.1 Å². The van der Waals surface area contributed by atoms with Crippen LogP contribution in [0, 0.1) is 6.92 Å². The van der Waals surface area contributed by atoms with Gasteiger partial charge in [-0.15, -0.1) is 23.1 Å². The lowest BCUT2D eigenvalue weighted by Gasteiger charge is -2.12. The van der Waals surface area contributed by atoms with Crippen molar-refractivity contribution in [2.24, 2.45) is 0 Å². The Morgan fingerprint density at radius 1 is 0.766 bits per heavy atom. The SMILES string of the molecule is Cc1sc(NC(=O)CSc2ccc(NC(=O)/C(=C/c3cccc4ccccc34)NC(=O)c3ccccc3)cc2)nc1-c1ccccc1. The maximum Gasteiger partial charge on any atom is 0.272 e. The van der Waals surface area contributed by atoms with Crippen molar-refractivity contribution in [1.29, 1.82) is 0 Å². The Morgan fingerprint density at radius 3 is 2.21 bits per heavy atom. The summed E-state index contributed by atoms with van der Waals surface area (Å²) >= 11 is 2.83. The molecule has 3 amide bonds. The van der Waals surface area contributed by atoms with E-state index in [2.05, 4.69) is 20.9 Å². The van der Waals surface area contributed by atoms with Gasteiger partial charge >= 0.3 is 0 Å². The second kappa shape index (κ2) is 14.7. The largest absolute Gasteiger partial charge is 0.321 e. The zero-order chi connectivity index (χ0) is 32.6. The predicted octanol–water partition coefficient (Wildman–Crippen LogP) is 8.41. The van der Waals surface area contributed by atoms with Gasteiger partial charge in [-0.05, 0) is 65.7 Å². The van der Waals surface area contributed by atoms with Gasteiger partial charge in [0.05, 0.1) is 11.4 Å². The third-order valence-corrected chi connectivity index (χ3v) is 9.12. The van der Waals surface area contributed by atoms with Crippen molar-refractivity contribution in [2.45, 2.75) is 11.8 Å². The second-order valence-corrected chi connectivity index (χ2v) is 12.8. The molecule has 6 aromatic rings. The minimum absolute atomic E-state index is 0.109. The van der Waals surface area contributed by atoms with Crippen LogP contribution in [-0.2, 0) is 9.59 Å². The van der Waals surface area contributed by atoms with Gasteiger partial charge < -0.3 is 16.0 Å². The van der Waals surface area contributed by atoms with E-state index < -0.39 is 5.91 Å². The van der Waals surface area contributed by atoms with Crippen LogP contribution in [0.25, 0.3) is 28.1 Å². The Balaban J connectivity index is 1.11. The molecule has 0 bridgehead atoms. The Kier molecular flexibility index (Phi) is 9.86. The number of carbonyl (C=O) groups is 3. The smallest absolute Gasteiger partial charge is 0.272 e. The minimum Gasteiger partial charge on any atom is -0.321 e. The van der Waals surface area contributed by atoms with Crippen LogP contribution in [0.5, 0.6) is 0 Å². The number of rotatable bonds is 10. The molecule has 0 saturated carbocycles. The van der Waals surface area contributed by atoms with E-state index in [4.69, 9.17) is 0 Å². The summed E-state index contributed by atoms with van der Waals surface area (Å²) in [5.41, 5.74) is 3.78. The fraction of sp³-hybridized carbons (Fsp3) is 0.0526.